The maximum absolute atomic E-state index is 11.9. The molecule has 1 amide bonds. The first kappa shape index (κ1) is 12.5. The Hall–Kier alpha value is -0.570. The lowest BCUT2D eigenvalue weighted by Gasteiger charge is -2.25. The molecule has 3 nitrogen and oxygen atoms in total. The molecule has 15 heavy (non-hydrogen) atoms. The van der Waals surface area contributed by atoms with E-state index in [2.05, 4.69) is 19.2 Å². The van der Waals surface area contributed by atoms with Gasteiger partial charge in [-0.25, -0.2) is 0 Å². The van der Waals surface area contributed by atoms with Gasteiger partial charge in [-0.2, -0.15) is 0 Å². The fourth-order valence-corrected chi connectivity index (χ4v) is 2.14. The summed E-state index contributed by atoms with van der Waals surface area (Å²) in [7, 11) is 1.92. The van der Waals surface area contributed by atoms with Crippen LogP contribution in [0.4, 0.5) is 0 Å². The van der Waals surface area contributed by atoms with Gasteiger partial charge >= 0.3 is 0 Å². The first-order valence-corrected chi connectivity index (χ1v) is 6.04. The molecule has 0 aromatic rings. The molecule has 0 atom stereocenters. The molecule has 1 saturated heterocycles. The average Bonchev–Trinajstić information content (AvgIpc) is 2.18. The van der Waals surface area contributed by atoms with Crippen molar-refractivity contribution in [2.45, 2.75) is 33.1 Å². The van der Waals surface area contributed by atoms with Crippen molar-refractivity contribution in [3.05, 3.63) is 0 Å². The topological polar surface area (TPSA) is 32.3 Å². The minimum atomic E-state index is 0.315. The summed E-state index contributed by atoms with van der Waals surface area (Å²) in [6, 6.07) is 0. The lowest BCUT2D eigenvalue weighted by Crippen LogP contribution is -2.34. The molecule has 0 spiro atoms. The van der Waals surface area contributed by atoms with Gasteiger partial charge in [0.05, 0.1) is 0 Å². The molecule has 0 bridgehead atoms. The van der Waals surface area contributed by atoms with E-state index in [9.17, 15) is 4.79 Å². The van der Waals surface area contributed by atoms with Crippen LogP contribution in [-0.2, 0) is 4.79 Å². The molecular formula is C12H24N2O. The Morgan fingerprint density at radius 3 is 2.53 bits per heavy atom. The van der Waals surface area contributed by atoms with Crippen molar-refractivity contribution in [2.24, 2.45) is 11.8 Å². The molecule has 1 heterocycles. The van der Waals surface area contributed by atoms with Crippen LogP contribution in [0.25, 0.3) is 0 Å². The molecule has 1 fully saturated rings. The predicted octanol–water partition coefficient (Wildman–Crippen LogP) is 1.49. The van der Waals surface area contributed by atoms with Gasteiger partial charge in [-0.15, -0.1) is 0 Å². The van der Waals surface area contributed by atoms with Crippen LogP contribution in [-0.4, -0.2) is 37.5 Å². The van der Waals surface area contributed by atoms with Gasteiger partial charge in [-0.3, -0.25) is 4.79 Å². The first-order chi connectivity index (χ1) is 7.09. The summed E-state index contributed by atoms with van der Waals surface area (Å²) in [4.78, 5) is 13.7. The highest BCUT2D eigenvalue weighted by atomic mass is 16.2. The van der Waals surface area contributed by atoms with Gasteiger partial charge < -0.3 is 10.2 Å². The summed E-state index contributed by atoms with van der Waals surface area (Å²) in [5.41, 5.74) is 0. The molecule has 0 aliphatic carbocycles. The van der Waals surface area contributed by atoms with Crippen molar-refractivity contribution in [1.29, 1.82) is 0 Å². The smallest absolute Gasteiger partial charge is 0.222 e. The lowest BCUT2D eigenvalue weighted by molar-refractivity contribution is -0.131. The molecule has 0 aromatic heterocycles. The average molecular weight is 212 g/mol. The van der Waals surface area contributed by atoms with Gasteiger partial charge in [-0.1, -0.05) is 13.8 Å². The van der Waals surface area contributed by atoms with Gasteiger partial charge in [0.25, 0.3) is 0 Å². The van der Waals surface area contributed by atoms with Gasteiger partial charge in [0.2, 0.25) is 5.91 Å². The molecule has 0 aromatic carbocycles. The lowest BCUT2D eigenvalue weighted by atomic mass is 9.94. The monoisotopic (exact) mass is 212 g/mol. The normalized spacial score (nSPS) is 18.1. The molecule has 3 heteroatoms. The van der Waals surface area contributed by atoms with Crippen LogP contribution in [0, 0.1) is 11.8 Å². The minimum absolute atomic E-state index is 0.315. The molecule has 1 N–H and O–H groups in total. The molecule has 1 aliphatic rings. The quantitative estimate of drug-likeness (QED) is 0.766. The van der Waals surface area contributed by atoms with Gasteiger partial charge in [0.15, 0.2) is 0 Å². The zero-order chi connectivity index (χ0) is 11.3. The van der Waals surface area contributed by atoms with E-state index in [1.54, 1.807) is 0 Å². The third kappa shape index (κ3) is 4.65. The summed E-state index contributed by atoms with van der Waals surface area (Å²) in [5.74, 6) is 1.48. The van der Waals surface area contributed by atoms with Crippen molar-refractivity contribution in [3.63, 3.8) is 0 Å². The second kappa shape index (κ2) is 6.11. The van der Waals surface area contributed by atoms with Crippen LogP contribution < -0.4 is 5.32 Å². The molecule has 0 saturated carbocycles. The summed E-state index contributed by atoms with van der Waals surface area (Å²) >= 11 is 0. The van der Waals surface area contributed by atoms with Crippen LogP contribution in [0.3, 0.4) is 0 Å². The largest absolute Gasteiger partial charge is 0.345 e. The Morgan fingerprint density at radius 2 is 2.00 bits per heavy atom. The van der Waals surface area contributed by atoms with E-state index in [4.69, 9.17) is 0 Å². The Morgan fingerprint density at radius 1 is 1.40 bits per heavy atom. The Kier molecular flexibility index (Phi) is 5.09. The van der Waals surface area contributed by atoms with E-state index in [1.807, 2.05) is 11.9 Å². The van der Waals surface area contributed by atoms with Crippen LogP contribution in [0.5, 0.6) is 0 Å². The number of piperidine rings is 1. The second-order valence-electron chi connectivity index (χ2n) is 5.07. The zero-order valence-electron chi connectivity index (χ0n) is 10.3. The highest BCUT2D eigenvalue weighted by Gasteiger charge is 2.19. The van der Waals surface area contributed by atoms with Crippen molar-refractivity contribution in [1.82, 2.24) is 10.2 Å². The number of amides is 1. The summed E-state index contributed by atoms with van der Waals surface area (Å²) < 4.78 is 0. The maximum Gasteiger partial charge on any atom is 0.222 e. The Bertz CT molecular complexity index is 198. The zero-order valence-corrected chi connectivity index (χ0v) is 10.3. The summed E-state index contributed by atoms with van der Waals surface area (Å²) in [6.07, 6.45) is 3.05. The summed E-state index contributed by atoms with van der Waals surface area (Å²) in [5, 5.41) is 3.32. The maximum atomic E-state index is 11.9. The highest BCUT2D eigenvalue weighted by molar-refractivity contribution is 5.76. The second-order valence-corrected chi connectivity index (χ2v) is 5.07. The standard InChI is InChI=1S/C12H24N2O/c1-10(2)9-14(3)12(15)8-11-4-6-13-7-5-11/h10-11,13H,4-9H2,1-3H3. The van der Waals surface area contributed by atoms with Gasteiger partial charge in [-0.05, 0) is 37.8 Å². The number of carbonyl (C=O) groups is 1. The third-order valence-corrected chi connectivity index (χ3v) is 2.99. The van der Waals surface area contributed by atoms with Crippen LogP contribution >= 0.6 is 0 Å². The van der Waals surface area contributed by atoms with E-state index in [-0.39, 0.29) is 0 Å². The van der Waals surface area contributed by atoms with E-state index in [0.717, 1.165) is 38.9 Å². The number of carbonyl (C=O) groups excluding carboxylic acids is 1. The fourth-order valence-electron chi connectivity index (χ4n) is 2.14. The van der Waals surface area contributed by atoms with Crippen LogP contribution in [0.15, 0.2) is 0 Å². The van der Waals surface area contributed by atoms with E-state index >= 15 is 0 Å². The van der Waals surface area contributed by atoms with Gasteiger partial charge in [0, 0.05) is 20.0 Å². The number of hydrogen-bond acceptors (Lipinski definition) is 2. The van der Waals surface area contributed by atoms with E-state index in [0.29, 0.717) is 17.7 Å². The van der Waals surface area contributed by atoms with Crippen LogP contribution in [0.2, 0.25) is 0 Å². The number of nitrogens with zero attached hydrogens (tertiary/aromatic N) is 1. The van der Waals surface area contributed by atoms with E-state index in [1.165, 1.54) is 0 Å². The van der Waals surface area contributed by atoms with Crippen molar-refractivity contribution >= 4 is 5.91 Å². The minimum Gasteiger partial charge on any atom is -0.345 e. The summed E-state index contributed by atoms with van der Waals surface area (Å²) in [6.45, 7) is 7.32. The number of nitrogens with one attached hydrogen (secondary N) is 1. The van der Waals surface area contributed by atoms with Crippen LogP contribution in [0.1, 0.15) is 33.1 Å². The number of hydrogen-bond donors (Lipinski definition) is 1. The van der Waals surface area contributed by atoms with Crippen molar-refractivity contribution in [2.75, 3.05) is 26.7 Å². The van der Waals surface area contributed by atoms with E-state index < -0.39 is 0 Å². The molecule has 88 valence electrons. The Balaban J connectivity index is 2.27. The Labute approximate surface area is 93.2 Å². The van der Waals surface area contributed by atoms with Crippen molar-refractivity contribution < 1.29 is 4.79 Å². The van der Waals surface area contributed by atoms with Gasteiger partial charge in [0.1, 0.15) is 0 Å². The molecule has 1 rings (SSSR count). The number of rotatable bonds is 4. The molecule has 1 aliphatic heterocycles. The molecular weight excluding hydrogens is 188 g/mol. The third-order valence-electron chi connectivity index (χ3n) is 2.99. The van der Waals surface area contributed by atoms with Crippen molar-refractivity contribution in [3.8, 4) is 0 Å². The predicted molar refractivity (Wildman–Crippen MR) is 62.7 cm³/mol. The molecule has 0 radical (unpaired) electrons. The SMILES string of the molecule is CC(C)CN(C)C(=O)CC1CCNCC1. The highest BCUT2D eigenvalue weighted by Crippen LogP contribution is 2.17. The molecule has 0 unspecified atom stereocenters. The fraction of sp³-hybridized carbons (Fsp3) is 0.917. The first-order valence-electron chi connectivity index (χ1n) is 6.04.